The number of nitriles is 1. The quantitative estimate of drug-likeness (QED) is 0.842. The Hall–Kier alpha value is -2.95. The number of rotatable bonds is 2. The number of fused-ring (bicyclic) bond motifs is 1. The summed E-state index contributed by atoms with van der Waals surface area (Å²) >= 11 is 0. The van der Waals surface area contributed by atoms with Crippen LogP contribution >= 0.6 is 0 Å². The number of hydrogen-bond donors (Lipinski definition) is 1. The zero-order chi connectivity index (χ0) is 16.6. The van der Waals surface area contributed by atoms with Gasteiger partial charge in [0.25, 0.3) is 5.56 Å². The molecule has 0 saturated heterocycles. The predicted molar refractivity (Wildman–Crippen MR) is 80.4 cm³/mol. The van der Waals surface area contributed by atoms with Gasteiger partial charge in [-0.15, -0.1) is 0 Å². The molecule has 23 heavy (non-hydrogen) atoms. The van der Waals surface area contributed by atoms with Crippen molar-refractivity contribution in [1.29, 1.82) is 5.26 Å². The molecule has 0 bridgehead atoms. The minimum Gasteiger partial charge on any atom is -0.335 e. The number of carbonyl (C=O) groups excluding carboxylic acids is 1. The topological polar surface area (TPSA) is 108 Å². The summed E-state index contributed by atoms with van der Waals surface area (Å²) in [5.74, 6) is 0.407. The smallest absolute Gasteiger partial charge is 0.254 e. The normalized spacial score (nSPS) is 13.5. The third-order valence-electron chi connectivity index (χ3n) is 3.93. The van der Waals surface area contributed by atoms with E-state index >= 15 is 0 Å². The van der Waals surface area contributed by atoms with Gasteiger partial charge in [0, 0.05) is 17.8 Å². The maximum atomic E-state index is 12.5. The third kappa shape index (κ3) is 2.85. The SMILES string of the molecule is Cc1nc(C)c(CC(=O)N2CCn3nc(C#N)cc3C2)c(=O)[nH]1. The summed E-state index contributed by atoms with van der Waals surface area (Å²) in [6.45, 7) is 4.89. The van der Waals surface area contributed by atoms with Crippen molar-refractivity contribution in [1.82, 2.24) is 24.6 Å². The van der Waals surface area contributed by atoms with Crippen molar-refractivity contribution in [3.05, 3.63) is 44.9 Å². The van der Waals surface area contributed by atoms with Crippen molar-refractivity contribution in [2.24, 2.45) is 0 Å². The lowest BCUT2D eigenvalue weighted by Crippen LogP contribution is -2.40. The van der Waals surface area contributed by atoms with Gasteiger partial charge in [0.2, 0.25) is 5.91 Å². The van der Waals surface area contributed by atoms with Gasteiger partial charge in [-0.05, 0) is 19.9 Å². The average Bonchev–Trinajstić information content (AvgIpc) is 2.92. The molecule has 0 saturated carbocycles. The highest BCUT2D eigenvalue weighted by Gasteiger charge is 2.23. The lowest BCUT2D eigenvalue weighted by Gasteiger charge is -2.27. The van der Waals surface area contributed by atoms with Gasteiger partial charge in [0.15, 0.2) is 5.69 Å². The predicted octanol–water partition coefficient (Wildman–Crippen LogP) is 0.0398. The number of nitrogens with zero attached hydrogens (tertiary/aromatic N) is 5. The van der Waals surface area contributed by atoms with Crippen LogP contribution in [0.15, 0.2) is 10.9 Å². The molecule has 1 N–H and O–H groups in total. The maximum Gasteiger partial charge on any atom is 0.254 e. The van der Waals surface area contributed by atoms with Crippen LogP contribution in [-0.4, -0.2) is 37.1 Å². The summed E-state index contributed by atoms with van der Waals surface area (Å²) in [5, 5.41) is 13.0. The van der Waals surface area contributed by atoms with E-state index in [2.05, 4.69) is 15.1 Å². The number of amides is 1. The first kappa shape index (κ1) is 15.0. The van der Waals surface area contributed by atoms with Crippen molar-refractivity contribution in [3.63, 3.8) is 0 Å². The van der Waals surface area contributed by atoms with Crippen LogP contribution in [0.1, 0.15) is 28.5 Å². The van der Waals surface area contributed by atoms with E-state index in [0.29, 0.717) is 42.4 Å². The van der Waals surface area contributed by atoms with E-state index in [1.165, 1.54) is 0 Å². The fourth-order valence-electron chi connectivity index (χ4n) is 2.76. The molecule has 118 valence electrons. The molecule has 1 amide bonds. The van der Waals surface area contributed by atoms with Crippen molar-refractivity contribution in [2.75, 3.05) is 6.54 Å². The van der Waals surface area contributed by atoms with Crippen molar-refractivity contribution in [2.45, 2.75) is 33.4 Å². The summed E-state index contributed by atoms with van der Waals surface area (Å²) in [6, 6.07) is 3.68. The van der Waals surface area contributed by atoms with Gasteiger partial charge in [-0.3, -0.25) is 14.3 Å². The Morgan fingerprint density at radius 3 is 2.91 bits per heavy atom. The van der Waals surface area contributed by atoms with Gasteiger partial charge in [0.05, 0.1) is 25.2 Å². The van der Waals surface area contributed by atoms with Crippen LogP contribution in [0.3, 0.4) is 0 Å². The van der Waals surface area contributed by atoms with Crippen LogP contribution in [-0.2, 0) is 24.3 Å². The largest absolute Gasteiger partial charge is 0.335 e. The molecule has 0 aromatic carbocycles. The van der Waals surface area contributed by atoms with Crippen LogP contribution in [0.4, 0.5) is 0 Å². The van der Waals surface area contributed by atoms with Crippen molar-refractivity contribution < 1.29 is 4.79 Å². The number of aromatic nitrogens is 4. The van der Waals surface area contributed by atoms with E-state index in [4.69, 9.17) is 5.26 Å². The Morgan fingerprint density at radius 2 is 2.22 bits per heavy atom. The summed E-state index contributed by atoms with van der Waals surface area (Å²) in [6.07, 6.45) is 0.0215. The zero-order valence-corrected chi connectivity index (χ0v) is 13.0. The van der Waals surface area contributed by atoms with Gasteiger partial charge >= 0.3 is 0 Å². The summed E-state index contributed by atoms with van der Waals surface area (Å²) < 4.78 is 1.74. The van der Waals surface area contributed by atoms with Gasteiger partial charge in [-0.2, -0.15) is 10.4 Å². The van der Waals surface area contributed by atoms with Crippen LogP contribution < -0.4 is 5.56 Å². The molecule has 0 fully saturated rings. The average molecular weight is 312 g/mol. The number of aromatic amines is 1. The first-order valence-electron chi connectivity index (χ1n) is 7.29. The molecule has 3 heterocycles. The lowest BCUT2D eigenvalue weighted by atomic mass is 10.1. The molecular formula is C15H16N6O2. The molecule has 1 aliphatic heterocycles. The van der Waals surface area contributed by atoms with E-state index in [0.717, 1.165) is 5.69 Å². The van der Waals surface area contributed by atoms with Crippen molar-refractivity contribution >= 4 is 5.91 Å². The first-order valence-corrected chi connectivity index (χ1v) is 7.29. The zero-order valence-electron chi connectivity index (χ0n) is 13.0. The minimum absolute atomic E-state index is 0.0215. The van der Waals surface area contributed by atoms with E-state index in [9.17, 15) is 9.59 Å². The van der Waals surface area contributed by atoms with Crippen LogP contribution in [0.5, 0.6) is 0 Å². The van der Waals surface area contributed by atoms with Gasteiger partial charge in [-0.1, -0.05) is 0 Å². The summed E-state index contributed by atoms with van der Waals surface area (Å²) in [7, 11) is 0. The second-order valence-electron chi connectivity index (χ2n) is 5.56. The lowest BCUT2D eigenvalue weighted by molar-refractivity contribution is -0.132. The van der Waals surface area contributed by atoms with Crippen molar-refractivity contribution in [3.8, 4) is 6.07 Å². The Balaban J connectivity index is 1.78. The van der Waals surface area contributed by atoms with Gasteiger partial charge in [-0.25, -0.2) is 4.98 Å². The third-order valence-corrected chi connectivity index (χ3v) is 3.93. The Labute approximate surface area is 132 Å². The standard InChI is InChI=1S/C15H16N6O2/c1-9-13(15(23)18-10(2)17-9)6-14(22)20-3-4-21-12(8-20)5-11(7-16)19-21/h5H,3-4,6,8H2,1-2H3,(H,17,18,23). The second-order valence-corrected chi connectivity index (χ2v) is 5.56. The number of carbonyl (C=O) groups is 1. The van der Waals surface area contributed by atoms with Crippen LogP contribution in [0.2, 0.25) is 0 Å². The van der Waals surface area contributed by atoms with Crippen LogP contribution in [0.25, 0.3) is 0 Å². The molecule has 2 aromatic heterocycles. The highest BCUT2D eigenvalue weighted by atomic mass is 16.2. The highest BCUT2D eigenvalue weighted by Crippen LogP contribution is 2.14. The molecule has 8 nitrogen and oxygen atoms in total. The maximum absolute atomic E-state index is 12.5. The summed E-state index contributed by atoms with van der Waals surface area (Å²) in [4.78, 5) is 33.0. The number of hydrogen-bond acceptors (Lipinski definition) is 5. The molecule has 2 aromatic rings. The first-order chi connectivity index (χ1) is 11.0. The van der Waals surface area contributed by atoms with E-state index in [1.807, 2.05) is 6.07 Å². The second kappa shape index (κ2) is 5.68. The minimum atomic E-state index is -0.267. The number of H-pyrrole nitrogens is 1. The Bertz CT molecular complexity index is 873. The van der Waals surface area contributed by atoms with E-state index in [1.54, 1.807) is 29.5 Å². The molecule has 8 heteroatoms. The Kier molecular flexibility index (Phi) is 3.70. The molecule has 0 atom stereocenters. The highest BCUT2D eigenvalue weighted by molar-refractivity contribution is 5.79. The molecule has 0 radical (unpaired) electrons. The van der Waals surface area contributed by atoms with E-state index in [-0.39, 0.29) is 17.9 Å². The molecule has 3 rings (SSSR count). The van der Waals surface area contributed by atoms with Gasteiger partial charge in [0.1, 0.15) is 11.9 Å². The fraction of sp³-hybridized carbons (Fsp3) is 0.400. The molecule has 1 aliphatic rings. The fourth-order valence-corrected chi connectivity index (χ4v) is 2.76. The summed E-state index contributed by atoms with van der Waals surface area (Å²) in [5.41, 5.74) is 1.89. The molecule has 0 spiro atoms. The van der Waals surface area contributed by atoms with E-state index < -0.39 is 0 Å². The number of aryl methyl sites for hydroxylation is 2. The number of nitrogens with one attached hydrogen (secondary N) is 1. The Morgan fingerprint density at radius 1 is 1.43 bits per heavy atom. The molecule has 0 unspecified atom stereocenters. The molecule has 0 aliphatic carbocycles. The van der Waals surface area contributed by atoms with Crippen LogP contribution in [0, 0.1) is 25.2 Å². The van der Waals surface area contributed by atoms with Gasteiger partial charge < -0.3 is 9.88 Å². The molecular weight excluding hydrogens is 296 g/mol. The monoisotopic (exact) mass is 312 g/mol.